The zero-order valence-corrected chi connectivity index (χ0v) is 33.2. The Balaban J connectivity index is 1.06. The molecule has 58 heavy (non-hydrogen) atoms. The van der Waals surface area contributed by atoms with E-state index in [1.807, 2.05) is 22.7 Å². The minimum Gasteiger partial charge on any atom is -0.135 e. The Bertz CT molecular complexity index is 3290. The van der Waals surface area contributed by atoms with Gasteiger partial charge in [-0.3, -0.25) is 0 Å². The van der Waals surface area contributed by atoms with E-state index in [4.69, 9.17) is 0 Å². The molecule has 0 unspecified atom stereocenters. The number of fused-ring (bicyclic) bond motifs is 4. The van der Waals surface area contributed by atoms with Crippen LogP contribution in [0.3, 0.4) is 0 Å². The first-order valence-electron chi connectivity index (χ1n) is 19.7. The lowest BCUT2D eigenvalue weighted by Gasteiger charge is -2.19. The van der Waals surface area contributed by atoms with Crippen LogP contribution in [0.25, 0.3) is 97.2 Å². The highest BCUT2D eigenvalue weighted by Gasteiger charge is 2.19. The summed E-state index contributed by atoms with van der Waals surface area (Å²) in [5.74, 6) is 0. The minimum absolute atomic E-state index is 1.22. The lowest BCUT2D eigenvalue weighted by Crippen LogP contribution is -1.92. The van der Waals surface area contributed by atoms with Crippen molar-refractivity contribution in [2.45, 2.75) is 0 Å². The molecule has 0 saturated carbocycles. The molecule has 0 saturated heterocycles. The van der Waals surface area contributed by atoms with Crippen molar-refractivity contribution in [3.8, 4) is 42.4 Å². The second-order valence-electron chi connectivity index (χ2n) is 14.8. The van der Waals surface area contributed by atoms with E-state index in [9.17, 15) is 0 Å². The predicted molar refractivity (Wildman–Crippen MR) is 254 cm³/mol. The van der Waals surface area contributed by atoms with Crippen molar-refractivity contribution in [3.05, 3.63) is 228 Å². The van der Waals surface area contributed by atoms with Gasteiger partial charge in [-0.15, -0.1) is 22.7 Å². The SMILES string of the molecule is C(=C(c1ccccc1)c1ccccc1)c1ccc(-c2ccc(-c3ccc4c(-c5ccc6ccccc6c5)c5ccccc5c(-c5ccc6ccccc6c5)c4c3)s2)s1. The van der Waals surface area contributed by atoms with E-state index in [-0.39, 0.29) is 0 Å². The van der Waals surface area contributed by atoms with E-state index in [1.165, 1.54) is 107 Å². The quantitative estimate of drug-likeness (QED) is 0.142. The summed E-state index contributed by atoms with van der Waals surface area (Å²) in [4.78, 5) is 5.07. The number of thiophene rings is 2. The van der Waals surface area contributed by atoms with Crippen LogP contribution in [-0.2, 0) is 0 Å². The second-order valence-corrected chi connectivity index (χ2v) is 17.0. The summed E-state index contributed by atoms with van der Waals surface area (Å²) in [6, 6.07) is 77.9. The summed E-state index contributed by atoms with van der Waals surface area (Å²) in [5.41, 5.74) is 9.94. The lowest BCUT2D eigenvalue weighted by molar-refractivity contribution is 1.56. The Morgan fingerprint density at radius 1 is 0.310 bits per heavy atom. The summed E-state index contributed by atoms with van der Waals surface area (Å²) in [5, 5.41) is 10.1. The van der Waals surface area contributed by atoms with Gasteiger partial charge in [-0.05, 0) is 136 Å². The molecule has 272 valence electrons. The largest absolute Gasteiger partial charge is 0.135 e. The smallest absolute Gasteiger partial charge is 0.0449 e. The average Bonchev–Trinajstić information content (AvgIpc) is 3.98. The highest BCUT2D eigenvalue weighted by atomic mass is 32.1. The van der Waals surface area contributed by atoms with Gasteiger partial charge in [-0.25, -0.2) is 0 Å². The third-order valence-corrected chi connectivity index (χ3v) is 13.7. The number of rotatable bonds is 7. The predicted octanol–water partition coefficient (Wildman–Crippen LogP) is 16.7. The normalized spacial score (nSPS) is 11.4. The van der Waals surface area contributed by atoms with Gasteiger partial charge in [0.1, 0.15) is 0 Å². The molecule has 11 aromatic rings. The molecule has 0 atom stereocenters. The Hall–Kier alpha value is -6.84. The first-order chi connectivity index (χ1) is 28.7. The molecule has 0 aliphatic carbocycles. The van der Waals surface area contributed by atoms with Crippen LogP contribution in [0.5, 0.6) is 0 Å². The molecule has 0 nitrogen and oxygen atoms in total. The maximum absolute atomic E-state index is 2.45. The molecule has 0 fully saturated rings. The third-order valence-electron chi connectivity index (χ3n) is 11.3. The number of hydrogen-bond donors (Lipinski definition) is 0. The summed E-state index contributed by atoms with van der Waals surface area (Å²) in [6.45, 7) is 0. The standard InChI is InChI=1S/C56H36S2/c1-3-15-39(16-4-1)50(40-17-5-2-6-18-40)36-46-28-30-53(57-46)54-32-31-52(58-54)43-27-29-49-51(35-43)56(45-26-24-38-14-8-10-20-42(38)34-45)48-22-12-11-21-47(48)55(49)44-25-23-37-13-7-9-19-41(37)33-44/h1-36H. The molecule has 2 aromatic heterocycles. The maximum Gasteiger partial charge on any atom is 0.0449 e. The average molecular weight is 773 g/mol. The van der Waals surface area contributed by atoms with Crippen LogP contribution in [0.15, 0.2) is 212 Å². The van der Waals surface area contributed by atoms with Crippen LogP contribution in [0.4, 0.5) is 0 Å². The Kier molecular flexibility index (Phi) is 8.65. The second kappa shape index (κ2) is 14.6. The molecule has 2 heterocycles. The molecule has 2 heteroatoms. The van der Waals surface area contributed by atoms with E-state index < -0.39 is 0 Å². The van der Waals surface area contributed by atoms with E-state index in [0.717, 1.165) is 0 Å². The summed E-state index contributed by atoms with van der Waals surface area (Å²) in [6.07, 6.45) is 2.34. The van der Waals surface area contributed by atoms with Gasteiger partial charge in [0.15, 0.2) is 0 Å². The Morgan fingerprint density at radius 2 is 0.776 bits per heavy atom. The lowest BCUT2D eigenvalue weighted by atomic mass is 9.84. The molecule has 0 aliphatic heterocycles. The van der Waals surface area contributed by atoms with Crippen LogP contribution < -0.4 is 0 Å². The first-order valence-corrected chi connectivity index (χ1v) is 21.4. The molecule has 9 aromatic carbocycles. The molecular weight excluding hydrogens is 737 g/mol. The summed E-state index contributed by atoms with van der Waals surface area (Å²) < 4.78 is 0. The molecule has 11 rings (SSSR count). The van der Waals surface area contributed by atoms with Crippen molar-refractivity contribution in [2.75, 3.05) is 0 Å². The third kappa shape index (κ3) is 6.24. The van der Waals surface area contributed by atoms with Crippen LogP contribution in [0.2, 0.25) is 0 Å². The fraction of sp³-hybridized carbons (Fsp3) is 0. The molecular formula is C56H36S2. The first kappa shape index (κ1) is 34.4. The Morgan fingerprint density at radius 3 is 1.40 bits per heavy atom. The van der Waals surface area contributed by atoms with Crippen molar-refractivity contribution in [2.24, 2.45) is 0 Å². The molecule has 0 bridgehead atoms. The zero-order chi connectivity index (χ0) is 38.4. The molecule has 0 aliphatic rings. The molecule has 0 amide bonds. The van der Waals surface area contributed by atoms with Gasteiger partial charge in [0.25, 0.3) is 0 Å². The highest BCUT2D eigenvalue weighted by Crippen LogP contribution is 2.47. The zero-order valence-electron chi connectivity index (χ0n) is 31.6. The van der Waals surface area contributed by atoms with Gasteiger partial charge in [0, 0.05) is 19.5 Å². The topological polar surface area (TPSA) is 0 Å². The van der Waals surface area contributed by atoms with Crippen molar-refractivity contribution in [3.63, 3.8) is 0 Å². The van der Waals surface area contributed by atoms with E-state index in [1.54, 1.807) is 0 Å². The molecule has 0 radical (unpaired) electrons. The van der Waals surface area contributed by atoms with Crippen molar-refractivity contribution in [1.82, 2.24) is 0 Å². The molecule has 0 spiro atoms. The highest BCUT2D eigenvalue weighted by molar-refractivity contribution is 7.24. The molecule has 0 N–H and O–H groups in total. The van der Waals surface area contributed by atoms with Gasteiger partial charge in [-0.2, -0.15) is 0 Å². The van der Waals surface area contributed by atoms with Crippen molar-refractivity contribution >= 4 is 77.4 Å². The van der Waals surface area contributed by atoms with E-state index >= 15 is 0 Å². The van der Waals surface area contributed by atoms with Gasteiger partial charge in [0.2, 0.25) is 0 Å². The van der Waals surface area contributed by atoms with Gasteiger partial charge in [0.05, 0.1) is 0 Å². The number of hydrogen-bond acceptors (Lipinski definition) is 2. The van der Waals surface area contributed by atoms with Crippen molar-refractivity contribution in [1.29, 1.82) is 0 Å². The van der Waals surface area contributed by atoms with Crippen LogP contribution in [0.1, 0.15) is 16.0 Å². The minimum atomic E-state index is 1.22. The fourth-order valence-corrected chi connectivity index (χ4v) is 10.6. The van der Waals surface area contributed by atoms with Crippen LogP contribution in [0, 0.1) is 0 Å². The monoisotopic (exact) mass is 772 g/mol. The Labute approximate surface area is 346 Å². The van der Waals surface area contributed by atoms with Gasteiger partial charge in [-0.1, -0.05) is 170 Å². The van der Waals surface area contributed by atoms with Gasteiger partial charge < -0.3 is 0 Å². The van der Waals surface area contributed by atoms with Gasteiger partial charge >= 0.3 is 0 Å². The van der Waals surface area contributed by atoms with Crippen LogP contribution in [-0.4, -0.2) is 0 Å². The summed E-state index contributed by atoms with van der Waals surface area (Å²) in [7, 11) is 0. The maximum atomic E-state index is 2.45. The fourth-order valence-electron chi connectivity index (χ4n) is 8.54. The van der Waals surface area contributed by atoms with E-state index in [0.29, 0.717) is 0 Å². The summed E-state index contributed by atoms with van der Waals surface area (Å²) >= 11 is 3.72. The van der Waals surface area contributed by atoms with Crippen LogP contribution >= 0.6 is 22.7 Å². The number of benzene rings is 9. The van der Waals surface area contributed by atoms with E-state index in [2.05, 4.69) is 218 Å². The van der Waals surface area contributed by atoms with Crippen molar-refractivity contribution < 1.29 is 0 Å².